The normalized spacial score (nSPS) is 20.4. The predicted octanol–water partition coefficient (Wildman–Crippen LogP) is 3.09. The van der Waals surface area contributed by atoms with Crippen molar-refractivity contribution in [1.29, 1.82) is 0 Å². The lowest BCUT2D eigenvalue weighted by Gasteiger charge is -2.27. The van der Waals surface area contributed by atoms with E-state index in [1.807, 2.05) is 32.0 Å². The molecule has 1 fully saturated rings. The van der Waals surface area contributed by atoms with Crippen molar-refractivity contribution in [1.82, 2.24) is 0 Å². The standard InChI is InChI=1S/C16H24O4/c1-3-18-13-9-8-12(11-15(13)19-4-2)16(17)14-7-5-6-10-20-14/h8-9,11,14,16-17H,3-7,10H2,1-2H3. The Morgan fingerprint density at radius 2 is 1.95 bits per heavy atom. The van der Waals surface area contributed by atoms with Gasteiger partial charge in [0.15, 0.2) is 11.5 Å². The number of ether oxygens (including phenoxy) is 3. The van der Waals surface area contributed by atoms with Gasteiger partial charge < -0.3 is 19.3 Å². The third-order valence-electron chi connectivity index (χ3n) is 3.48. The summed E-state index contributed by atoms with van der Waals surface area (Å²) in [5.74, 6) is 1.40. The maximum absolute atomic E-state index is 10.4. The van der Waals surface area contributed by atoms with Crippen molar-refractivity contribution >= 4 is 0 Å². The minimum absolute atomic E-state index is 0.115. The van der Waals surface area contributed by atoms with Crippen molar-refractivity contribution in [2.75, 3.05) is 19.8 Å². The first-order valence-corrected chi connectivity index (χ1v) is 7.45. The molecule has 1 aromatic carbocycles. The Morgan fingerprint density at radius 3 is 2.60 bits per heavy atom. The fraction of sp³-hybridized carbons (Fsp3) is 0.625. The maximum Gasteiger partial charge on any atom is 0.161 e. The summed E-state index contributed by atoms with van der Waals surface area (Å²) in [6.45, 7) is 5.77. The highest BCUT2D eigenvalue weighted by Gasteiger charge is 2.24. The molecule has 0 spiro atoms. The summed E-state index contributed by atoms with van der Waals surface area (Å²) >= 11 is 0. The van der Waals surface area contributed by atoms with E-state index in [1.165, 1.54) is 0 Å². The monoisotopic (exact) mass is 280 g/mol. The van der Waals surface area contributed by atoms with Crippen LogP contribution in [0.2, 0.25) is 0 Å². The number of aliphatic hydroxyl groups is 1. The van der Waals surface area contributed by atoms with Crippen LogP contribution in [-0.2, 0) is 4.74 Å². The molecule has 20 heavy (non-hydrogen) atoms. The van der Waals surface area contributed by atoms with Crippen molar-refractivity contribution < 1.29 is 19.3 Å². The van der Waals surface area contributed by atoms with E-state index >= 15 is 0 Å². The predicted molar refractivity (Wildman–Crippen MR) is 77.3 cm³/mol. The highest BCUT2D eigenvalue weighted by atomic mass is 16.5. The molecule has 4 heteroatoms. The van der Waals surface area contributed by atoms with E-state index in [0.29, 0.717) is 19.0 Å². The molecule has 1 N–H and O–H groups in total. The van der Waals surface area contributed by atoms with Crippen LogP contribution in [-0.4, -0.2) is 31.0 Å². The third-order valence-corrected chi connectivity index (χ3v) is 3.48. The van der Waals surface area contributed by atoms with Crippen LogP contribution in [0.5, 0.6) is 11.5 Å². The Bertz CT molecular complexity index is 413. The van der Waals surface area contributed by atoms with Crippen LogP contribution in [0.1, 0.15) is 44.8 Å². The Morgan fingerprint density at radius 1 is 1.20 bits per heavy atom. The minimum Gasteiger partial charge on any atom is -0.490 e. The number of hydrogen-bond donors (Lipinski definition) is 1. The Labute approximate surface area is 120 Å². The van der Waals surface area contributed by atoms with Gasteiger partial charge in [0.05, 0.1) is 19.3 Å². The molecule has 0 bridgehead atoms. The zero-order valence-corrected chi connectivity index (χ0v) is 12.3. The van der Waals surface area contributed by atoms with Gasteiger partial charge >= 0.3 is 0 Å². The zero-order chi connectivity index (χ0) is 14.4. The van der Waals surface area contributed by atoms with Crippen molar-refractivity contribution in [2.24, 2.45) is 0 Å². The van der Waals surface area contributed by atoms with Gasteiger partial charge in [-0.2, -0.15) is 0 Å². The molecule has 1 aromatic rings. The fourth-order valence-electron chi connectivity index (χ4n) is 2.48. The maximum atomic E-state index is 10.4. The van der Waals surface area contributed by atoms with E-state index in [0.717, 1.165) is 37.2 Å². The van der Waals surface area contributed by atoms with Crippen LogP contribution < -0.4 is 9.47 Å². The molecule has 0 radical (unpaired) electrons. The molecule has 0 aliphatic carbocycles. The quantitative estimate of drug-likeness (QED) is 0.870. The molecular formula is C16H24O4. The van der Waals surface area contributed by atoms with Gasteiger partial charge in [-0.3, -0.25) is 0 Å². The summed E-state index contributed by atoms with van der Waals surface area (Å²) in [7, 11) is 0. The van der Waals surface area contributed by atoms with E-state index in [2.05, 4.69) is 0 Å². The minimum atomic E-state index is -0.606. The molecule has 2 atom stereocenters. The van der Waals surface area contributed by atoms with E-state index in [4.69, 9.17) is 14.2 Å². The second-order valence-electron chi connectivity index (χ2n) is 4.92. The van der Waals surface area contributed by atoms with Crippen molar-refractivity contribution in [3.63, 3.8) is 0 Å². The molecule has 112 valence electrons. The molecule has 1 aliphatic rings. The summed E-state index contributed by atoms with van der Waals surface area (Å²) in [5.41, 5.74) is 0.823. The Kier molecular flexibility index (Phi) is 5.68. The molecule has 0 amide bonds. The topological polar surface area (TPSA) is 47.9 Å². The van der Waals surface area contributed by atoms with Gasteiger partial charge in [0, 0.05) is 6.61 Å². The van der Waals surface area contributed by atoms with Gasteiger partial charge in [-0.1, -0.05) is 6.07 Å². The van der Waals surface area contributed by atoms with E-state index in [-0.39, 0.29) is 6.10 Å². The van der Waals surface area contributed by atoms with Gasteiger partial charge in [0.1, 0.15) is 6.10 Å². The van der Waals surface area contributed by atoms with E-state index in [1.54, 1.807) is 0 Å². The number of benzene rings is 1. The molecule has 1 saturated heterocycles. The van der Waals surface area contributed by atoms with Crippen LogP contribution in [0.3, 0.4) is 0 Å². The van der Waals surface area contributed by atoms with Gasteiger partial charge in [-0.15, -0.1) is 0 Å². The summed E-state index contributed by atoms with van der Waals surface area (Å²) in [6.07, 6.45) is 2.37. The van der Waals surface area contributed by atoms with Crippen LogP contribution in [0, 0.1) is 0 Å². The van der Waals surface area contributed by atoms with Gasteiger partial charge in [-0.25, -0.2) is 0 Å². The van der Waals surface area contributed by atoms with Crippen LogP contribution in [0.4, 0.5) is 0 Å². The average molecular weight is 280 g/mol. The highest BCUT2D eigenvalue weighted by Crippen LogP contribution is 2.33. The summed E-state index contributed by atoms with van der Waals surface area (Å²) in [4.78, 5) is 0. The molecule has 2 unspecified atom stereocenters. The van der Waals surface area contributed by atoms with Crippen LogP contribution in [0.15, 0.2) is 18.2 Å². The summed E-state index contributed by atoms with van der Waals surface area (Å²) in [6, 6.07) is 5.60. The molecular weight excluding hydrogens is 256 g/mol. The average Bonchev–Trinajstić information content (AvgIpc) is 2.50. The van der Waals surface area contributed by atoms with Crippen molar-refractivity contribution in [3.8, 4) is 11.5 Å². The summed E-state index contributed by atoms with van der Waals surface area (Å²) < 4.78 is 16.8. The third kappa shape index (κ3) is 3.64. The SMILES string of the molecule is CCOc1ccc(C(O)C2CCCCO2)cc1OCC. The fourth-order valence-corrected chi connectivity index (χ4v) is 2.48. The van der Waals surface area contributed by atoms with Crippen molar-refractivity contribution in [3.05, 3.63) is 23.8 Å². The molecule has 0 aromatic heterocycles. The van der Waals surface area contributed by atoms with Gasteiger partial charge in [-0.05, 0) is 50.8 Å². The van der Waals surface area contributed by atoms with Crippen LogP contribution in [0.25, 0.3) is 0 Å². The van der Waals surface area contributed by atoms with Crippen LogP contribution >= 0.6 is 0 Å². The lowest BCUT2D eigenvalue weighted by atomic mass is 9.98. The molecule has 2 rings (SSSR count). The number of aliphatic hydroxyl groups excluding tert-OH is 1. The Balaban J connectivity index is 2.16. The van der Waals surface area contributed by atoms with Gasteiger partial charge in [0.2, 0.25) is 0 Å². The zero-order valence-electron chi connectivity index (χ0n) is 12.3. The lowest BCUT2D eigenvalue weighted by Crippen LogP contribution is -2.26. The first kappa shape index (κ1) is 15.1. The first-order valence-electron chi connectivity index (χ1n) is 7.45. The number of rotatable bonds is 6. The van der Waals surface area contributed by atoms with E-state index in [9.17, 15) is 5.11 Å². The highest BCUT2D eigenvalue weighted by molar-refractivity contribution is 5.43. The molecule has 4 nitrogen and oxygen atoms in total. The second kappa shape index (κ2) is 7.50. The van der Waals surface area contributed by atoms with E-state index < -0.39 is 6.10 Å². The smallest absolute Gasteiger partial charge is 0.161 e. The Hall–Kier alpha value is -1.26. The molecule has 1 aliphatic heterocycles. The molecule has 1 heterocycles. The second-order valence-corrected chi connectivity index (χ2v) is 4.92. The van der Waals surface area contributed by atoms with Crippen molar-refractivity contribution in [2.45, 2.75) is 45.3 Å². The lowest BCUT2D eigenvalue weighted by molar-refractivity contribution is -0.0634. The summed E-state index contributed by atoms with van der Waals surface area (Å²) in [5, 5.41) is 10.4. The molecule has 0 saturated carbocycles. The largest absolute Gasteiger partial charge is 0.490 e. The van der Waals surface area contributed by atoms with Gasteiger partial charge in [0.25, 0.3) is 0 Å². The first-order chi connectivity index (χ1) is 9.76. The number of hydrogen-bond acceptors (Lipinski definition) is 4.